The molecule has 12 heteroatoms. The first-order valence-electron chi connectivity index (χ1n) is 10.7. The Bertz CT molecular complexity index is 1520. The van der Waals surface area contributed by atoms with Crippen LogP contribution in [0.25, 0.3) is 16.7 Å². The van der Waals surface area contributed by atoms with Crippen LogP contribution < -0.4 is 16.6 Å². The lowest BCUT2D eigenvalue weighted by atomic mass is 10.0. The summed E-state index contributed by atoms with van der Waals surface area (Å²) in [5.74, 6) is -0.887. The quantitative estimate of drug-likeness (QED) is 0.444. The van der Waals surface area contributed by atoms with Gasteiger partial charge < -0.3 is 5.32 Å². The number of tetrazole rings is 1. The van der Waals surface area contributed by atoms with Gasteiger partial charge in [-0.2, -0.15) is 4.68 Å². The molecule has 0 fully saturated rings. The van der Waals surface area contributed by atoms with Crippen LogP contribution in [-0.4, -0.2) is 40.6 Å². The van der Waals surface area contributed by atoms with Gasteiger partial charge in [0.1, 0.15) is 11.5 Å². The summed E-state index contributed by atoms with van der Waals surface area (Å²) in [6.07, 6.45) is 0.630. The fraction of sp³-hybridized carbons (Fsp3) is 0.318. The molecule has 4 aromatic rings. The second-order valence-corrected chi connectivity index (χ2v) is 8.12. The second kappa shape index (κ2) is 8.96. The third-order valence-electron chi connectivity index (χ3n) is 5.31. The molecule has 1 aromatic carbocycles. The number of pyridine rings is 1. The van der Waals surface area contributed by atoms with Crippen molar-refractivity contribution in [3.05, 3.63) is 68.0 Å². The number of H-pyrrole nitrogens is 1. The third-order valence-corrected chi connectivity index (χ3v) is 5.31. The lowest BCUT2D eigenvalue weighted by Gasteiger charge is -2.15. The van der Waals surface area contributed by atoms with E-state index in [1.165, 1.54) is 33.5 Å². The molecule has 11 nitrogen and oxygen atoms in total. The molecule has 34 heavy (non-hydrogen) atoms. The Morgan fingerprint density at radius 1 is 1.24 bits per heavy atom. The van der Waals surface area contributed by atoms with Crippen molar-refractivity contribution in [2.45, 2.75) is 46.6 Å². The number of hydrogen-bond donors (Lipinski definition) is 2. The Labute approximate surface area is 192 Å². The van der Waals surface area contributed by atoms with Crippen LogP contribution in [0, 0.1) is 12.7 Å². The molecule has 0 bridgehead atoms. The van der Waals surface area contributed by atoms with Gasteiger partial charge in [0.15, 0.2) is 11.5 Å². The molecule has 0 radical (unpaired) electrons. The van der Waals surface area contributed by atoms with Gasteiger partial charge >= 0.3 is 5.69 Å². The van der Waals surface area contributed by atoms with E-state index in [1.54, 1.807) is 6.92 Å². The zero-order chi connectivity index (χ0) is 24.6. The first kappa shape index (κ1) is 23.0. The number of anilines is 1. The van der Waals surface area contributed by atoms with Gasteiger partial charge in [-0.25, -0.2) is 14.2 Å². The van der Waals surface area contributed by atoms with Crippen molar-refractivity contribution in [3.63, 3.8) is 0 Å². The van der Waals surface area contributed by atoms with Crippen molar-refractivity contribution in [2.75, 3.05) is 5.32 Å². The average molecular weight is 466 g/mol. The Balaban J connectivity index is 1.85. The molecule has 0 aliphatic carbocycles. The van der Waals surface area contributed by atoms with Crippen LogP contribution in [0.5, 0.6) is 0 Å². The van der Waals surface area contributed by atoms with Gasteiger partial charge in [-0.3, -0.25) is 19.1 Å². The molecule has 0 unspecified atom stereocenters. The van der Waals surface area contributed by atoms with Crippen molar-refractivity contribution in [1.82, 2.24) is 34.7 Å². The van der Waals surface area contributed by atoms with Crippen molar-refractivity contribution in [1.29, 1.82) is 0 Å². The van der Waals surface area contributed by atoms with Crippen LogP contribution in [0.4, 0.5) is 10.1 Å². The van der Waals surface area contributed by atoms with Crippen LogP contribution in [0.15, 0.2) is 33.9 Å². The first-order chi connectivity index (χ1) is 16.2. The van der Waals surface area contributed by atoms with Crippen LogP contribution in [0.3, 0.4) is 0 Å². The van der Waals surface area contributed by atoms with Gasteiger partial charge in [0.05, 0.1) is 10.9 Å². The van der Waals surface area contributed by atoms with E-state index < -0.39 is 23.0 Å². The monoisotopic (exact) mass is 466 g/mol. The van der Waals surface area contributed by atoms with E-state index in [0.717, 1.165) is 0 Å². The number of halogens is 1. The Morgan fingerprint density at radius 3 is 2.65 bits per heavy atom. The van der Waals surface area contributed by atoms with E-state index in [1.807, 2.05) is 20.8 Å². The highest BCUT2D eigenvalue weighted by Gasteiger charge is 2.21. The number of amides is 1. The summed E-state index contributed by atoms with van der Waals surface area (Å²) in [7, 11) is 0. The molecule has 0 aliphatic heterocycles. The molecule has 0 spiro atoms. The van der Waals surface area contributed by atoms with Crippen molar-refractivity contribution >= 4 is 22.6 Å². The Kier molecular flexibility index (Phi) is 6.05. The predicted octanol–water partition coefficient (Wildman–Crippen LogP) is 2.29. The number of aromatic amines is 1. The summed E-state index contributed by atoms with van der Waals surface area (Å²) in [5.41, 5.74) is -0.205. The summed E-state index contributed by atoms with van der Waals surface area (Å²) in [6.45, 7) is 7.62. The SMILES string of the molecule is CCCn1c(=O)[nH]c(=O)c2c(C(=O)Nc3ccc(F)c(-n4nnnc4C)c3)cc(C(C)C)nc21. The zero-order valence-electron chi connectivity index (χ0n) is 19.1. The molecule has 0 atom stereocenters. The van der Waals surface area contributed by atoms with Crippen molar-refractivity contribution in [3.8, 4) is 5.69 Å². The number of aromatic nitrogens is 7. The van der Waals surface area contributed by atoms with E-state index in [9.17, 15) is 18.8 Å². The van der Waals surface area contributed by atoms with Crippen LogP contribution in [0.1, 0.15) is 55.0 Å². The van der Waals surface area contributed by atoms with Crippen molar-refractivity contribution in [2.24, 2.45) is 0 Å². The number of carbonyl (C=O) groups excluding carboxylic acids is 1. The summed E-state index contributed by atoms with van der Waals surface area (Å²) in [4.78, 5) is 45.3. The molecule has 2 N–H and O–H groups in total. The molecule has 0 saturated heterocycles. The van der Waals surface area contributed by atoms with Gasteiger partial charge in [-0.1, -0.05) is 20.8 Å². The number of fused-ring (bicyclic) bond motifs is 1. The lowest BCUT2D eigenvalue weighted by Crippen LogP contribution is -2.32. The van der Waals surface area contributed by atoms with Crippen LogP contribution in [-0.2, 0) is 6.54 Å². The molecule has 3 aromatic heterocycles. The van der Waals surface area contributed by atoms with Crippen molar-refractivity contribution < 1.29 is 9.18 Å². The Hall–Kier alpha value is -4.22. The molecule has 176 valence electrons. The van der Waals surface area contributed by atoms with E-state index in [2.05, 4.69) is 30.8 Å². The highest BCUT2D eigenvalue weighted by Crippen LogP contribution is 2.23. The third kappa shape index (κ3) is 4.09. The maximum Gasteiger partial charge on any atom is 0.329 e. The number of benzene rings is 1. The molecular formula is C22H23FN8O3. The topological polar surface area (TPSA) is 140 Å². The number of aryl methyl sites for hydroxylation is 2. The van der Waals surface area contributed by atoms with E-state index in [4.69, 9.17) is 0 Å². The molecule has 0 aliphatic rings. The highest BCUT2D eigenvalue weighted by atomic mass is 19.1. The number of nitrogens with one attached hydrogen (secondary N) is 2. The zero-order valence-corrected chi connectivity index (χ0v) is 19.1. The average Bonchev–Trinajstić information content (AvgIpc) is 3.22. The number of hydrogen-bond acceptors (Lipinski definition) is 7. The summed E-state index contributed by atoms with van der Waals surface area (Å²) in [6, 6.07) is 5.50. The summed E-state index contributed by atoms with van der Waals surface area (Å²) in [5, 5.41) is 13.7. The molecule has 4 rings (SSSR count). The van der Waals surface area contributed by atoms with E-state index in [-0.39, 0.29) is 33.9 Å². The van der Waals surface area contributed by atoms with Gasteiger partial charge in [0, 0.05) is 17.9 Å². The normalized spacial score (nSPS) is 11.4. The largest absolute Gasteiger partial charge is 0.329 e. The van der Waals surface area contributed by atoms with Crippen LogP contribution >= 0.6 is 0 Å². The first-order valence-corrected chi connectivity index (χ1v) is 10.7. The van der Waals surface area contributed by atoms with Gasteiger partial charge in [-0.05, 0) is 54.0 Å². The Morgan fingerprint density at radius 2 is 2.00 bits per heavy atom. The van der Waals surface area contributed by atoms with E-state index >= 15 is 0 Å². The fourth-order valence-electron chi connectivity index (χ4n) is 3.60. The minimum atomic E-state index is -0.704. The fourth-order valence-corrected chi connectivity index (χ4v) is 3.60. The van der Waals surface area contributed by atoms with Gasteiger partial charge in [0.25, 0.3) is 11.5 Å². The standard InChI is InChI=1S/C22H23FN8O3/c1-5-8-30-19-18(21(33)26-22(30)34)14(10-16(25-19)11(2)3)20(32)24-13-6-7-15(23)17(9-13)31-12(4)27-28-29-31/h6-7,9-11H,5,8H2,1-4H3,(H,24,32)(H,26,33,34). The van der Waals surface area contributed by atoms with Gasteiger partial charge in [-0.15, -0.1) is 5.10 Å². The lowest BCUT2D eigenvalue weighted by molar-refractivity contribution is 0.102. The van der Waals surface area contributed by atoms with Crippen LogP contribution in [0.2, 0.25) is 0 Å². The second-order valence-electron chi connectivity index (χ2n) is 8.12. The number of carbonyl (C=O) groups is 1. The maximum atomic E-state index is 14.4. The minimum absolute atomic E-state index is 0.00797. The van der Waals surface area contributed by atoms with Gasteiger partial charge in [0.2, 0.25) is 0 Å². The molecular weight excluding hydrogens is 443 g/mol. The molecule has 1 amide bonds. The maximum absolute atomic E-state index is 14.4. The smallest absolute Gasteiger partial charge is 0.322 e. The molecule has 3 heterocycles. The minimum Gasteiger partial charge on any atom is -0.322 e. The summed E-state index contributed by atoms with van der Waals surface area (Å²) >= 11 is 0. The predicted molar refractivity (Wildman–Crippen MR) is 123 cm³/mol. The number of rotatable bonds is 6. The highest BCUT2D eigenvalue weighted by molar-refractivity contribution is 6.12. The summed E-state index contributed by atoms with van der Waals surface area (Å²) < 4.78 is 17.0. The number of nitrogens with zero attached hydrogens (tertiary/aromatic N) is 6. The van der Waals surface area contributed by atoms with E-state index in [0.29, 0.717) is 24.5 Å². The molecule has 0 saturated carbocycles.